The molecule has 4 heteroatoms. The molecule has 1 saturated carbocycles. The normalized spacial score (nSPS) is 15.6. The first-order valence-corrected chi connectivity index (χ1v) is 9.48. The molecule has 0 radical (unpaired) electrons. The molecule has 0 bridgehead atoms. The Morgan fingerprint density at radius 2 is 1.67 bits per heavy atom. The molecule has 0 amide bonds. The molecule has 1 nitrogen and oxygen atoms in total. The number of benzene rings is 2. The molecule has 2 aromatic carbocycles. The monoisotopic (exact) mass is 346 g/mol. The molecule has 1 aliphatic rings. The molecule has 3 aromatic rings. The number of fused-ring (bicyclic) bond motifs is 3. The van der Waals surface area contributed by atoms with Gasteiger partial charge in [-0.2, -0.15) is 0 Å². The summed E-state index contributed by atoms with van der Waals surface area (Å²) in [4.78, 5) is 0. The molecule has 4 rings (SSSR count). The fourth-order valence-electron chi connectivity index (χ4n) is 3.71. The minimum atomic E-state index is -0.371. The van der Waals surface area contributed by atoms with Crippen molar-refractivity contribution in [1.82, 2.24) is 0 Å². The molecule has 1 aromatic heterocycles. The van der Waals surface area contributed by atoms with Crippen molar-refractivity contribution in [3.8, 4) is 5.75 Å². The third-order valence-corrected chi connectivity index (χ3v) is 6.15. The van der Waals surface area contributed by atoms with Gasteiger partial charge in [-0.3, -0.25) is 0 Å². The highest BCUT2D eigenvalue weighted by atomic mass is 32.1. The summed E-state index contributed by atoms with van der Waals surface area (Å²) in [6.45, 7) is 2.46. The van der Waals surface area contributed by atoms with Crippen molar-refractivity contribution >= 4 is 31.5 Å². The van der Waals surface area contributed by atoms with Crippen molar-refractivity contribution in [1.29, 1.82) is 0 Å². The average molecular weight is 346 g/mol. The summed E-state index contributed by atoms with van der Waals surface area (Å²) in [6.07, 6.45) is 5.26. The van der Waals surface area contributed by atoms with Gasteiger partial charge >= 0.3 is 0 Å². The van der Waals surface area contributed by atoms with Gasteiger partial charge in [0.15, 0.2) is 11.6 Å². The van der Waals surface area contributed by atoms with E-state index in [4.69, 9.17) is 4.74 Å². The van der Waals surface area contributed by atoms with E-state index in [0.717, 1.165) is 35.6 Å². The molecular weight excluding hydrogens is 326 g/mol. The third kappa shape index (κ3) is 2.48. The van der Waals surface area contributed by atoms with Crippen LogP contribution in [0.2, 0.25) is 0 Å². The van der Waals surface area contributed by atoms with E-state index in [2.05, 4.69) is 0 Å². The Morgan fingerprint density at radius 3 is 2.38 bits per heavy atom. The van der Waals surface area contributed by atoms with Gasteiger partial charge in [-0.1, -0.05) is 31.9 Å². The van der Waals surface area contributed by atoms with Gasteiger partial charge in [-0.25, -0.2) is 8.78 Å². The van der Waals surface area contributed by atoms with Crippen molar-refractivity contribution in [2.75, 3.05) is 6.61 Å². The molecule has 0 spiro atoms. The number of ether oxygens (including phenoxy) is 1. The van der Waals surface area contributed by atoms with E-state index in [1.807, 2.05) is 25.1 Å². The van der Waals surface area contributed by atoms with E-state index in [-0.39, 0.29) is 17.4 Å². The quantitative estimate of drug-likeness (QED) is 0.506. The molecular formula is C20H20F2OS. The lowest BCUT2D eigenvalue weighted by atomic mass is 9.96. The van der Waals surface area contributed by atoms with Crippen LogP contribution >= 0.6 is 11.3 Å². The van der Waals surface area contributed by atoms with E-state index < -0.39 is 0 Å². The standard InChI is InChI=1S/C20H20F2OS/c1-2-11-23-16-10-9-15-14-8-7-13(12-5-3-4-6-12)17(21)19(14)24-20(15)18(16)22/h7-10,12H,2-6,11H2,1H3. The van der Waals surface area contributed by atoms with Crippen LogP contribution < -0.4 is 4.74 Å². The maximum atomic E-state index is 15.1. The van der Waals surface area contributed by atoms with Crippen molar-refractivity contribution < 1.29 is 13.5 Å². The van der Waals surface area contributed by atoms with Crippen molar-refractivity contribution in [2.45, 2.75) is 44.9 Å². The van der Waals surface area contributed by atoms with Gasteiger partial charge in [-0.15, -0.1) is 11.3 Å². The zero-order valence-corrected chi connectivity index (χ0v) is 14.5. The Kier molecular flexibility index (Phi) is 4.17. The van der Waals surface area contributed by atoms with Crippen LogP contribution in [0, 0.1) is 11.6 Å². The lowest BCUT2D eigenvalue weighted by Crippen LogP contribution is -1.97. The molecule has 0 atom stereocenters. The number of hydrogen-bond donors (Lipinski definition) is 0. The second kappa shape index (κ2) is 6.32. The minimum Gasteiger partial charge on any atom is -0.490 e. The summed E-state index contributed by atoms with van der Waals surface area (Å²) in [5, 5.41) is 1.57. The molecule has 0 unspecified atom stereocenters. The van der Waals surface area contributed by atoms with E-state index in [9.17, 15) is 4.39 Å². The summed E-state index contributed by atoms with van der Waals surface area (Å²) < 4.78 is 36.3. The maximum Gasteiger partial charge on any atom is 0.182 e. The van der Waals surface area contributed by atoms with E-state index >= 15 is 4.39 Å². The highest BCUT2D eigenvalue weighted by Gasteiger charge is 2.23. The Morgan fingerprint density at radius 1 is 1.00 bits per heavy atom. The molecule has 1 fully saturated rings. The van der Waals surface area contributed by atoms with Crippen LogP contribution in [0.4, 0.5) is 8.78 Å². The molecule has 1 aliphatic carbocycles. The molecule has 0 N–H and O–H groups in total. The molecule has 0 saturated heterocycles. The maximum absolute atomic E-state index is 15.1. The van der Waals surface area contributed by atoms with Gasteiger partial charge in [-0.05, 0) is 42.9 Å². The Labute approximate surface area is 144 Å². The van der Waals surface area contributed by atoms with Crippen LogP contribution in [0.15, 0.2) is 24.3 Å². The third-order valence-electron chi connectivity index (χ3n) is 4.94. The van der Waals surface area contributed by atoms with Crippen LogP contribution in [-0.2, 0) is 0 Å². The lowest BCUT2D eigenvalue weighted by Gasteiger charge is -2.11. The summed E-state index contributed by atoms with van der Waals surface area (Å²) in [5.74, 6) is 0.0419. The van der Waals surface area contributed by atoms with Gasteiger partial charge in [0, 0.05) is 10.8 Å². The first-order valence-electron chi connectivity index (χ1n) is 8.66. The van der Waals surface area contributed by atoms with Crippen LogP contribution in [0.3, 0.4) is 0 Å². The van der Waals surface area contributed by atoms with Gasteiger partial charge in [0.2, 0.25) is 0 Å². The highest BCUT2D eigenvalue weighted by molar-refractivity contribution is 7.25. The average Bonchev–Trinajstić information content (AvgIpc) is 3.23. The second-order valence-corrected chi connectivity index (χ2v) is 7.55. The predicted octanol–water partition coefficient (Wildman–Crippen LogP) is 6.78. The van der Waals surface area contributed by atoms with Crippen LogP contribution in [0.25, 0.3) is 20.2 Å². The van der Waals surface area contributed by atoms with E-state index in [1.165, 1.54) is 24.2 Å². The summed E-state index contributed by atoms with van der Waals surface area (Å²) in [5.41, 5.74) is 0.800. The smallest absolute Gasteiger partial charge is 0.182 e. The van der Waals surface area contributed by atoms with Gasteiger partial charge < -0.3 is 4.74 Å². The highest BCUT2D eigenvalue weighted by Crippen LogP contribution is 2.43. The largest absolute Gasteiger partial charge is 0.490 e. The fraction of sp³-hybridized carbons (Fsp3) is 0.400. The first-order chi connectivity index (χ1) is 11.7. The summed E-state index contributed by atoms with van der Waals surface area (Å²) in [7, 11) is 0. The summed E-state index contributed by atoms with van der Waals surface area (Å²) in [6, 6.07) is 7.36. The van der Waals surface area contributed by atoms with Crippen molar-refractivity contribution in [3.05, 3.63) is 41.5 Å². The second-order valence-electron chi connectivity index (χ2n) is 6.53. The number of thiophene rings is 1. The minimum absolute atomic E-state index is 0.156. The van der Waals surface area contributed by atoms with Crippen molar-refractivity contribution in [2.24, 2.45) is 0 Å². The number of hydrogen-bond acceptors (Lipinski definition) is 2. The topological polar surface area (TPSA) is 9.23 Å². The lowest BCUT2D eigenvalue weighted by molar-refractivity contribution is 0.303. The van der Waals surface area contributed by atoms with Gasteiger partial charge in [0.05, 0.1) is 16.0 Å². The molecule has 126 valence electrons. The molecule has 1 heterocycles. The van der Waals surface area contributed by atoms with E-state index in [0.29, 0.717) is 21.9 Å². The zero-order valence-electron chi connectivity index (χ0n) is 13.7. The Hall–Kier alpha value is -1.68. The van der Waals surface area contributed by atoms with Gasteiger partial charge in [0.25, 0.3) is 0 Å². The number of halogens is 2. The zero-order chi connectivity index (χ0) is 16.7. The van der Waals surface area contributed by atoms with Crippen LogP contribution in [0.5, 0.6) is 5.75 Å². The number of rotatable bonds is 4. The molecule has 0 aliphatic heterocycles. The van der Waals surface area contributed by atoms with Crippen molar-refractivity contribution in [3.63, 3.8) is 0 Å². The first kappa shape index (κ1) is 15.8. The van der Waals surface area contributed by atoms with Crippen LogP contribution in [0.1, 0.15) is 50.5 Å². The Bertz CT molecular complexity index is 894. The SMILES string of the molecule is CCCOc1ccc2c(sc3c(F)c(C4CCCC4)ccc32)c1F. The van der Waals surface area contributed by atoms with E-state index in [1.54, 1.807) is 6.07 Å². The van der Waals surface area contributed by atoms with Crippen LogP contribution in [-0.4, -0.2) is 6.61 Å². The Balaban J connectivity index is 1.87. The summed E-state index contributed by atoms with van der Waals surface area (Å²) >= 11 is 1.21. The predicted molar refractivity (Wildman–Crippen MR) is 96.2 cm³/mol. The van der Waals surface area contributed by atoms with Gasteiger partial charge in [0.1, 0.15) is 5.82 Å². The fourth-order valence-corrected chi connectivity index (χ4v) is 4.89. The molecule has 24 heavy (non-hydrogen) atoms.